The monoisotopic (exact) mass is 236 g/mol. The van der Waals surface area contributed by atoms with E-state index < -0.39 is 25.8 Å². The van der Waals surface area contributed by atoms with Crippen LogP contribution in [0.5, 0.6) is 0 Å². The quantitative estimate of drug-likeness (QED) is 0.790. The molecule has 0 unspecified atom stereocenters. The molecule has 2 nitrogen and oxygen atoms in total. The van der Waals surface area contributed by atoms with Gasteiger partial charge in [-0.3, -0.25) is 0 Å². The molecule has 0 radical (unpaired) electrons. The fraction of sp³-hybridized carbons (Fsp3) is 0.111. The van der Waals surface area contributed by atoms with Gasteiger partial charge in [0.15, 0.2) is 0 Å². The van der Waals surface area contributed by atoms with Crippen molar-refractivity contribution in [1.29, 1.82) is 0 Å². The summed E-state index contributed by atoms with van der Waals surface area (Å²) in [5.74, 6) is 0. The molecule has 0 N–H and O–H groups in total. The lowest BCUT2D eigenvalue weighted by Gasteiger charge is -2.10. The van der Waals surface area contributed by atoms with Crippen molar-refractivity contribution in [3.05, 3.63) is 41.8 Å². The Morgan fingerprint density at radius 2 is 1.60 bits per heavy atom. The maximum absolute atomic E-state index is 12.2. The maximum Gasteiger partial charge on any atom is 0.426 e. The predicted molar refractivity (Wildman–Crippen MR) is 48.8 cm³/mol. The zero-order valence-corrected chi connectivity index (χ0v) is 8.27. The molecule has 1 rings (SSSR count). The van der Waals surface area contributed by atoms with Gasteiger partial charge >= 0.3 is 6.18 Å². The van der Waals surface area contributed by atoms with Gasteiger partial charge < -0.3 is 0 Å². The van der Waals surface area contributed by atoms with Gasteiger partial charge in [0.05, 0.1) is 4.90 Å². The first kappa shape index (κ1) is 11.8. The Morgan fingerprint density at radius 3 is 2.00 bits per heavy atom. The van der Waals surface area contributed by atoms with Gasteiger partial charge in [0.2, 0.25) is 9.84 Å². The largest absolute Gasteiger partial charge is 0.426 e. The number of benzene rings is 1. The second kappa shape index (κ2) is 3.69. The Kier molecular flexibility index (Phi) is 2.90. The van der Waals surface area contributed by atoms with Crippen molar-refractivity contribution in [1.82, 2.24) is 0 Å². The van der Waals surface area contributed by atoms with Gasteiger partial charge in [0.25, 0.3) is 0 Å². The van der Waals surface area contributed by atoms with Crippen molar-refractivity contribution < 1.29 is 21.6 Å². The van der Waals surface area contributed by atoms with Gasteiger partial charge in [-0.15, -0.1) is 0 Å². The molecule has 0 bridgehead atoms. The first-order chi connectivity index (χ1) is 6.76. The average Bonchev–Trinajstić information content (AvgIpc) is 2.16. The first-order valence-electron chi connectivity index (χ1n) is 3.82. The molecule has 0 saturated heterocycles. The topological polar surface area (TPSA) is 34.1 Å². The molecule has 1 aromatic rings. The molecule has 0 aliphatic heterocycles. The van der Waals surface area contributed by atoms with Gasteiger partial charge in [-0.1, -0.05) is 24.8 Å². The van der Waals surface area contributed by atoms with Gasteiger partial charge in [0, 0.05) is 0 Å². The number of hydrogen-bond acceptors (Lipinski definition) is 2. The molecule has 0 fully saturated rings. The fourth-order valence-corrected chi connectivity index (χ4v) is 2.00. The average molecular weight is 236 g/mol. The Balaban J connectivity index is 3.22. The molecule has 0 aliphatic carbocycles. The second-order valence-corrected chi connectivity index (χ2v) is 4.71. The molecule has 0 spiro atoms. The highest BCUT2D eigenvalue weighted by Gasteiger charge is 2.41. The van der Waals surface area contributed by atoms with Crippen LogP contribution in [0.2, 0.25) is 0 Å². The number of sulfone groups is 1. The maximum atomic E-state index is 12.2. The van der Waals surface area contributed by atoms with Crippen LogP contribution in [0.4, 0.5) is 13.2 Å². The summed E-state index contributed by atoms with van der Waals surface area (Å²) in [4.78, 5) is -2.16. The third kappa shape index (κ3) is 2.38. The fourth-order valence-electron chi connectivity index (χ4n) is 0.894. The normalized spacial score (nSPS) is 12.5. The second-order valence-electron chi connectivity index (χ2n) is 2.74. The van der Waals surface area contributed by atoms with E-state index in [1.807, 2.05) is 0 Å². The molecular weight excluding hydrogens is 229 g/mol. The van der Waals surface area contributed by atoms with Crippen LogP contribution in [-0.2, 0) is 9.84 Å². The third-order valence-electron chi connectivity index (χ3n) is 1.69. The lowest BCUT2D eigenvalue weighted by molar-refractivity contribution is -0.0841. The Hall–Kier alpha value is -1.30. The molecular formula is C9H7F3O2S. The smallest absolute Gasteiger partial charge is 0.219 e. The standard InChI is InChI=1S/C9H7F3O2S/c1-7(9(10,11)12)15(13,14)8-5-3-2-4-6-8/h2-6H,1H2. The van der Waals surface area contributed by atoms with E-state index >= 15 is 0 Å². The van der Waals surface area contributed by atoms with Crippen LogP contribution in [0.25, 0.3) is 0 Å². The van der Waals surface area contributed by atoms with Crippen molar-refractivity contribution in [2.24, 2.45) is 0 Å². The van der Waals surface area contributed by atoms with E-state index in [-0.39, 0.29) is 0 Å². The Bertz CT molecular complexity index is 460. The van der Waals surface area contributed by atoms with Crippen LogP contribution < -0.4 is 0 Å². The molecule has 15 heavy (non-hydrogen) atoms. The molecule has 0 amide bonds. The molecule has 0 aliphatic rings. The van der Waals surface area contributed by atoms with E-state index in [2.05, 4.69) is 6.58 Å². The van der Waals surface area contributed by atoms with Crippen molar-refractivity contribution in [3.8, 4) is 0 Å². The molecule has 1 aromatic carbocycles. The van der Waals surface area contributed by atoms with Crippen molar-refractivity contribution >= 4 is 9.84 Å². The summed E-state index contributed by atoms with van der Waals surface area (Å²) >= 11 is 0. The van der Waals surface area contributed by atoms with E-state index in [4.69, 9.17) is 0 Å². The van der Waals surface area contributed by atoms with E-state index in [0.29, 0.717) is 0 Å². The van der Waals surface area contributed by atoms with Crippen molar-refractivity contribution in [2.45, 2.75) is 11.1 Å². The minimum atomic E-state index is -4.94. The van der Waals surface area contributed by atoms with Crippen LogP contribution in [0.1, 0.15) is 0 Å². The minimum Gasteiger partial charge on any atom is -0.219 e. The summed E-state index contributed by atoms with van der Waals surface area (Å²) in [5, 5.41) is 0. The van der Waals surface area contributed by atoms with Crippen molar-refractivity contribution in [2.75, 3.05) is 0 Å². The van der Waals surface area contributed by atoms with Crippen molar-refractivity contribution in [3.63, 3.8) is 0 Å². The van der Waals surface area contributed by atoms with Gasteiger partial charge in [-0.25, -0.2) is 8.42 Å². The third-order valence-corrected chi connectivity index (χ3v) is 3.47. The zero-order chi connectivity index (χ0) is 11.7. The SMILES string of the molecule is C=C(C(F)(F)F)S(=O)(=O)c1ccccc1. The highest BCUT2D eigenvalue weighted by molar-refractivity contribution is 7.95. The van der Waals surface area contributed by atoms with Crippen LogP contribution >= 0.6 is 0 Å². The van der Waals surface area contributed by atoms with Crippen LogP contribution in [0, 0.1) is 0 Å². The minimum absolute atomic E-state index is 0.410. The number of rotatable bonds is 2. The number of allylic oxidation sites excluding steroid dienone is 1. The van der Waals surface area contributed by atoms with Crippen LogP contribution in [0.15, 0.2) is 46.7 Å². The predicted octanol–water partition coefficient (Wildman–Crippen LogP) is 2.54. The van der Waals surface area contributed by atoms with E-state index in [0.717, 1.165) is 12.1 Å². The summed E-state index contributed by atoms with van der Waals surface area (Å²) in [6, 6.07) is 6.38. The lowest BCUT2D eigenvalue weighted by atomic mass is 10.4. The highest BCUT2D eigenvalue weighted by atomic mass is 32.2. The molecule has 0 heterocycles. The Morgan fingerprint density at radius 1 is 1.13 bits per heavy atom. The lowest BCUT2D eigenvalue weighted by Crippen LogP contribution is -2.19. The highest BCUT2D eigenvalue weighted by Crippen LogP contribution is 2.32. The molecule has 0 aromatic heterocycles. The molecule has 82 valence electrons. The zero-order valence-electron chi connectivity index (χ0n) is 7.45. The number of halogens is 3. The number of hydrogen-bond donors (Lipinski definition) is 0. The van der Waals surface area contributed by atoms with E-state index in [9.17, 15) is 21.6 Å². The molecule has 0 saturated carbocycles. The van der Waals surface area contributed by atoms with Gasteiger partial charge in [0.1, 0.15) is 4.91 Å². The summed E-state index contributed by atoms with van der Waals surface area (Å²) in [5.41, 5.74) is 0. The first-order valence-corrected chi connectivity index (χ1v) is 5.31. The summed E-state index contributed by atoms with van der Waals surface area (Å²) in [7, 11) is -4.52. The summed E-state index contributed by atoms with van der Waals surface area (Å²) in [6.45, 7) is 2.56. The number of alkyl halides is 3. The van der Waals surface area contributed by atoms with Crippen LogP contribution in [0.3, 0.4) is 0 Å². The van der Waals surface area contributed by atoms with Gasteiger partial charge in [-0.05, 0) is 12.1 Å². The summed E-state index contributed by atoms with van der Waals surface area (Å²) in [6.07, 6.45) is -4.94. The van der Waals surface area contributed by atoms with Gasteiger partial charge in [-0.2, -0.15) is 13.2 Å². The Labute approximate surface area is 85.0 Å². The van der Waals surface area contributed by atoms with E-state index in [1.165, 1.54) is 18.2 Å². The molecule has 6 heteroatoms. The summed E-state index contributed by atoms with van der Waals surface area (Å²) < 4.78 is 59.2. The molecule has 0 atom stereocenters. The van der Waals surface area contributed by atoms with E-state index in [1.54, 1.807) is 0 Å². The van der Waals surface area contributed by atoms with Crippen LogP contribution in [-0.4, -0.2) is 14.6 Å².